The lowest BCUT2D eigenvalue weighted by molar-refractivity contribution is -0.141. The zero-order valence-corrected chi connectivity index (χ0v) is 24.2. The fraction of sp³-hybridized carbons (Fsp3) is 0.333. The Hall–Kier alpha value is -4.26. The van der Waals surface area contributed by atoms with E-state index in [1.807, 2.05) is 13.0 Å². The summed E-state index contributed by atoms with van der Waals surface area (Å²) in [7, 11) is 1.34. The second kappa shape index (κ2) is 9.15. The summed E-state index contributed by atoms with van der Waals surface area (Å²) in [5.41, 5.74) is 12.1. The summed E-state index contributed by atoms with van der Waals surface area (Å²) in [6.45, 7) is 16.7. The molecule has 1 saturated heterocycles. The van der Waals surface area contributed by atoms with Crippen molar-refractivity contribution in [1.29, 1.82) is 0 Å². The molecular weight excluding hydrogens is 500 g/mol. The van der Waals surface area contributed by atoms with Crippen molar-refractivity contribution < 1.29 is 14.3 Å². The first-order chi connectivity index (χ1) is 19.1. The molecule has 0 aromatic carbocycles. The van der Waals surface area contributed by atoms with Crippen molar-refractivity contribution in [3.63, 3.8) is 0 Å². The van der Waals surface area contributed by atoms with Crippen LogP contribution in [0.25, 0.3) is 29.9 Å². The lowest BCUT2D eigenvalue weighted by atomic mass is 9.86. The highest BCUT2D eigenvalue weighted by atomic mass is 16.5. The Bertz CT molecular complexity index is 1820. The molecule has 4 N–H and O–H groups in total. The van der Waals surface area contributed by atoms with E-state index < -0.39 is 11.9 Å². The first kappa shape index (κ1) is 26.0. The summed E-state index contributed by atoms with van der Waals surface area (Å²) >= 11 is 0. The van der Waals surface area contributed by atoms with Gasteiger partial charge in [-0.3, -0.25) is 9.59 Å². The summed E-state index contributed by atoms with van der Waals surface area (Å²) < 4.78 is 5.17. The third kappa shape index (κ3) is 3.49. The highest BCUT2D eigenvalue weighted by molar-refractivity contribution is 6.24. The van der Waals surface area contributed by atoms with Gasteiger partial charge in [-0.1, -0.05) is 26.5 Å². The van der Waals surface area contributed by atoms with E-state index in [4.69, 9.17) is 4.74 Å². The number of hydrogen-bond acceptors (Lipinski definition) is 4. The number of fused-ring (bicyclic) bond motifs is 7. The number of methoxy groups -OCH3 is 1. The Morgan fingerprint density at radius 1 is 0.950 bits per heavy atom. The average molecular weight is 537 g/mol. The van der Waals surface area contributed by atoms with E-state index in [0.29, 0.717) is 16.8 Å². The van der Waals surface area contributed by atoms with Crippen molar-refractivity contribution in [2.24, 2.45) is 17.8 Å². The number of aromatic nitrogens is 3. The van der Waals surface area contributed by atoms with E-state index in [1.54, 1.807) is 0 Å². The van der Waals surface area contributed by atoms with Gasteiger partial charge in [-0.05, 0) is 74.6 Å². The van der Waals surface area contributed by atoms with Gasteiger partial charge in [0.2, 0.25) is 0 Å². The molecule has 3 atom stereocenters. The highest BCUT2D eigenvalue weighted by Crippen LogP contribution is 2.47. The minimum absolute atomic E-state index is 0.106. The molecule has 2 aliphatic heterocycles. The topological polar surface area (TPSA) is 103 Å². The van der Waals surface area contributed by atoms with E-state index in [-0.39, 0.29) is 17.6 Å². The number of ether oxygens (including phenoxy) is 1. The lowest BCUT2D eigenvalue weighted by Crippen LogP contribution is -2.25. The van der Waals surface area contributed by atoms with Gasteiger partial charge in [0.25, 0.3) is 0 Å². The number of Topliss-reactive ketones (excluding diaryl/α,β-unsaturated/α-hetero) is 1. The molecule has 3 aromatic rings. The number of esters is 1. The molecule has 1 aliphatic carbocycles. The molecule has 7 heteroatoms. The number of H-pyrrole nitrogens is 3. The maximum Gasteiger partial charge on any atom is 0.321 e. The van der Waals surface area contributed by atoms with Gasteiger partial charge in [-0.25, -0.2) is 0 Å². The molecule has 0 spiro atoms. The van der Waals surface area contributed by atoms with Crippen molar-refractivity contribution in [3.8, 4) is 0 Å². The zero-order valence-electron chi connectivity index (χ0n) is 24.2. The van der Waals surface area contributed by atoms with Crippen LogP contribution in [-0.2, 0) is 9.53 Å². The number of carbonyl (C=O) groups is 2. The average Bonchev–Trinajstić information content (AvgIpc) is 3.66. The third-order valence-corrected chi connectivity index (χ3v) is 9.35. The van der Waals surface area contributed by atoms with E-state index in [9.17, 15) is 9.59 Å². The van der Waals surface area contributed by atoms with Gasteiger partial charge in [0, 0.05) is 67.7 Å². The van der Waals surface area contributed by atoms with Crippen molar-refractivity contribution in [1.82, 2.24) is 20.3 Å². The van der Waals surface area contributed by atoms with Gasteiger partial charge < -0.3 is 25.0 Å². The Balaban J connectivity index is 1.75. The number of aromatic amines is 3. The standard InChI is InChI=1S/C33H36N4O3/c1-9-19-16(5)23-12-24-17(6)20(10-2)30(36-24)28-29(33(39)40-8)32(38)27-18(7)25(37-31(27)28)11-21-14(3)15(4)22(34-21)13-26(19)35-23/h9,11-13,17,20,29,34-37H,1,10H2,2-8H3/b21-11-,22-13-,24-12-,30-28-/t17-,20-,29+/m0/s1. The molecule has 6 rings (SSSR count). The number of nitrogens with one attached hydrogen (secondary N) is 4. The van der Waals surface area contributed by atoms with Crippen LogP contribution in [0, 0.1) is 45.4 Å². The number of rotatable bonds is 3. The van der Waals surface area contributed by atoms with Gasteiger partial charge in [-0.2, -0.15) is 0 Å². The molecule has 0 radical (unpaired) electrons. The molecule has 206 valence electrons. The Morgan fingerprint density at radius 2 is 1.60 bits per heavy atom. The van der Waals surface area contributed by atoms with E-state index in [2.05, 4.69) is 79.7 Å². The molecule has 0 amide bonds. The SMILES string of the molecule is C=Cc1c2[nH]c(c1C)/C=C1\N/C(=C3\c4[nH]c(c(C)c4C(=O)[C@@H]3C(=O)OC)/C=c3\[nH]/c(c(C)c3C)=C\2)[C@@H](CC)[C@@H]1C. The largest absolute Gasteiger partial charge is 0.468 e. The molecule has 8 bridgehead atoms. The second-order valence-electron chi connectivity index (χ2n) is 11.3. The number of allylic oxidation sites excluding steroid dienone is 2. The number of ketones is 1. The summed E-state index contributed by atoms with van der Waals surface area (Å²) in [6.07, 6.45) is 9.12. The smallest absolute Gasteiger partial charge is 0.321 e. The van der Waals surface area contributed by atoms with Crippen LogP contribution in [0.15, 0.2) is 18.0 Å². The number of carbonyl (C=O) groups excluding carboxylic acids is 2. The fourth-order valence-corrected chi connectivity index (χ4v) is 6.79. The quantitative estimate of drug-likeness (QED) is 0.292. The van der Waals surface area contributed by atoms with Crippen molar-refractivity contribution in [3.05, 3.63) is 84.8 Å². The van der Waals surface area contributed by atoms with Crippen molar-refractivity contribution >= 4 is 41.6 Å². The van der Waals surface area contributed by atoms with Gasteiger partial charge in [0.05, 0.1) is 12.8 Å². The predicted octanol–water partition coefficient (Wildman–Crippen LogP) is 4.52. The van der Waals surface area contributed by atoms with E-state index in [1.165, 1.54) is 7.11 Å². The van der Waals surface area contributed by atoms with Gasteiger partial charge in [0.15, 0.2) is 5.78 Å². The Labute approximate surface area is 233 Å². The molecule has 7 nitrogen and oxygen atoms in total. The normalized spacial score (nSPS) is 25.9. The van der Waals surface area contributed by atoms with Crippen molar-refractivity contribution in [2.45, 2.75) is 48.0 Å². The van der Waals surface area contributed by atoms with E-state index >= 15 is 0 Å². The summed E-state index contributed by atoms with van der Waals surface area (Å²) in [5.74, 6) is -1.48. The van der Waals surface area contributed by atoms with Crippen LogP contribution in [0.2, 0.25) is 0 Å². The van der Waals surface area contributed by atoms with E-state index in [0.717, 1.165) is 73.4 Å². The van der Waals surface area contributed by atoms with Crippen LogP contribution < -0.4 is 16.0 Å². The molecular formula is C33H36N4O3. The summed E-state index contributed by atoms with van der Waals surface area (Å²) in [5, 5.41) is 5.66. The van der Waals surface area contributed by atoms with Gasteiger partial charge in [0.1, 0.15) is 5.92 Å². The zero-order chi connectivity index (χ0) is 28.6. The Morgan fingerprint density at radius 3 is 2.23 bits per heavy atom. The maximum atomic E-state index is 13.9. The predicted molar refractivity (Wildman–Crippen MR) is 159 cm³/mol. The van der Waals surface area contributed by atoms with Gasteiger partial charge in [-0.15, -0.1) is 0 Å². The molecule has 3 aliphatic rings. The highest BCUT2D eigenvalue weighted by Gasteiger charge is 2.48. The second-order valence-corrected chi connectivity index (χ2v) is 11.3. The molecule has 1 fully saturated rings. The summed E-state index contributed by atoms with van der Waals surface area (Å²) in [4.78, 5) is 37.7. The van der Waals surface area contributed by atoms with Crippen LogP contribution in [0.4, 0.5) is 0 Å². The Kier molecular flexibility index (Phi) is 5.95. The summed E-state index contributed by atoms with van der Waals surface area (Å²) in [6, 6.07) is 0. The van der Waals surface area contributed by atoms with Crippen LogP contribution in [0.5, 0.6) is 0 Å². The van der Waals surface area contributed by atoms with Crippen LogP contribution in [0.1, 0.15) is 81.2 Å². The molecule has 3 aromatic heterocycles. The van der Waals surface area contributed by atoms with Gasteiger partial charge >= 0.3 is 5.97 Å². The van der Waals surface area contributed by atoms with Crippen LogP contribution >= 0.6 is 0 Å². The van der Waals surface area contributed by atoms with Crippen LogP contribution in [0.3, 0.4) is 0 Å². The monoisotopic (exact) mass is 536 g/mol. The van der Waals surface area contributed by atoms with Crippen molar-refractivity contribution in [2.75, 3.05) is 7.11 Å². The third-order valence-electron chi connectivity index (χ3n) is 9.35. The first-order valence-electron chi connectivity index (χ1n) is 13.9. The molecule has 0 saturated carbocycles. The van der Waals surface area contributed by atoms with Crippen LogP contribution in [-0.4, -0.2) is 33.8 Å². The minimum atomic E-state index is -0.997. The minimum Gasteiger partial charge on any atom is -0.468 e. The first-order valence-corrected chi connectivity index (χ1v) is 13.9. The number of hydrogen-bond donors (Lipinski definition) is 4. The fourth-order valence-electron chi connectivity index (χ4n) is 6.79. The lowest BCUT2D eigenvalue weighted by Gasteiger charge is -2.18. The molecule has 5 heterocycles. The molecule has 40 heavy (non-hydrogen) atoms. The maximum absolute atomic E-state index is 13.9. The molecule has 0 unspecified atom stereocenters.